The van der Waals surface area contributed by atoms with E-state index in [-0.39, 0.29) is 11.9 Å². The minimum absolute atomic E-state index is 0.0216. The van der Waals surface area contributed by atoms with Crippen molar-refractivity contribution in [3.8, 4) is 0 Å². The van der Waals surface area contributed by atoms with Crippen LogP contribution >= 0.6 is 0 Å². The van der Waals surface area contributed by atoms with Crippen molar-refractivity contribution in [1.82, 2.24) is 19.8 Å². The Balaban J connectivity index is 2.62. The smallest absolute Gasteiger partial charge is 0.237 e. The van der Waals surface area contributed by atoms with Gasteiger partial charge in [-0.3, -0.25) is 9.69 Å². The molecule has 1 aromatic rings. The van der Waals surface area contributed by atoms with E-state index in [0.717, 1.165) is 17.2 Å². The van der Waals surface area contributed by atoms with E-state index in [9.17, 15) is 4.79 Å². The van der Waals surface area contributed by atoms with Crippen LogP contribution in [-0.4, -0.2) is 40.5 Å². The third kappa shape index (κ3) is 3.06. The van der Waals surface area contributed by atoms with E-state index in [2.05, 4.69) is 10.3 Å². The summed E-state index contributed by atoms with van der Waals surface area (Å²) in [5, 5.41) is 2.90. The Kier molecular flexibility index (Phi) is 4.28. The van der Waals surface area contributed by atoms with E-state index in [1.54, 1.807) is 0 Å². The SMILES string of the molecule is Cc1nc(CNC(=O)C(C)N(C)C)n(C)c1C. The molecule has 1 unspecified atom stereocenters. The van der Waals surface area contributed by atoms with Gasteiger partial charge in [0.15, 0.2) is 0 Å². The van der Waals surface area contributed by atoms with Gasteiger partial charge in [0.25, 0.3) is 0 Å². The van der Waals surface area contributed by atoms with Crippen LogP contribution in [0.3, 0.4) is 0 Å². The predicted octanol–water partition coefficient (Wildman–Crippen LogP) is 0.603. The molecule has 0 saturated heterocycles. The Morgan fingerprint density at radius 1 is 1.47 bits per heavy atom. The normalized spacial score (nSPS) is 12.9. The summed E-state index contributed by atoms with van der Waals surface area (Å²) in [6, 6.07) is -0.127. The Bertz CT molecular complexity index is 409. The molecule has 0 aromatic carbocycles. The van der Waals surface area contributed by atoms with E-state index in [4.69, 9.17) is 0 Å². The highest BCUT2D eigenvalue weighted by molar-refractivity contribution is 5.81. The number of carbonyl (C=O) groups is 1. The highest BCUT2D eigenvalue weighted by Crippen LogP contribution is 2.07. The number of nitrogens with zero attached hydrogens (tertiary/aromatic N) is 3. The molecule has 1 atom stereocenters. The quantitative estimate of drug-likeness (QED) is 0.836. The molecule has 1 N–H and O–H groups in total. The summed E-state index contributed by atoms with van der Waals surface area (Å²) in [6.45, 7) is 6.35. The standard InChI is InChI=1S/C12H22N4O/c1-8-9(2)16(6)11(14-8)7-13-12(17)10(3)15(4)5/h10H,7H2,1-6H3,(H,13,17). The lowest BCUT2D eigenvalue weighted by Crippen LogP contribution is -2.41. The Labute approximate surface area is 103 Å². The second-order valence-electron chi connectivity index (χ2n) is 4.62. The van der Waals surface area contributed by atoms with Gasteiger partial charge in [0.05, 0.1) is 18.3 Å². The summed E-state index contributed by atoms with van der Waals surface area (Å²) < 4.78 is 2.01. The Morgan fingerprint density at radius 2 is 2.06 bits per heavy atom. The molecule has 0 radical (unpaired) electrons. The maximum absolute atomic E-state index is 11.8. The molecule has 1 amide bonds. The fourth-order valence-corrected chi connectivity index (χ4v) is 1.49. The number of likely N-dealkylation sites (N-methyl/N-ethyl adjacent to an activating group) is 1. The lowest BCUT2D eigenvalue weighted by Gasteiger charge is -2.18. The molecule has 5 heteroatoms. The first-order chi connectivity index (χ1) is 7.84. The van der Waals surface area contributed by atoms with Crippen molar-refractivity contribution < 1.29 is 4.79 Å². The molecule has 0 saturated carbocycles. The number of carbonyl (C=O) groups excluding carboxylic acids is 1. The highest BCUT2D eigenvalue weighted by Gasteiger charge is 2.15. The summed E-state index contributed by atoms with van der Waals surface area (Å²) in [5.41, 5.74) is 2.15. The average molecular weight is 238 g/mol. The molecule has 5 nitrogen and oxygen atoms in total. The molecule has 0 aliphatic rings. The van der Waals surface area contributed by atoms with Crippen molar-refractivity contribution in [1.29, 1.82) is 0 Å². The lowest BCUT2D eigenvalue weighted by atomic mass is 10.3. The fraction of sp³-hybridized carbons (Fsp3) is 0.667. The van der Waals surface area contributed by atoms with Gasteiger partial charge >= 0.3 is 0 Å². The summed E-state index contributed by atoms with van der Waals surface area (Å²) in [4.78, 5) is 18.1. The minimum atomic E-state index is -0.127. The zero-order valence-electron chi connectivity index (χ0n) is 11.5. The number of aromatic nitrogens is 2. The van der Waals surface area contributed by atoms with Gasteiger partial charge in [-0.2, -0.15) is 0 Å². The van der Waals surface area contributed by atoms with Gasteiger partial charge in [-0.15, -0.1) is 0 Å². The molecule has 0 fully saturated rings. The topological polar surface area (TPSA) is 50.2 Å². The molecular formula is C12H22N4O. The van der Waals surface area contributed by atoms with Crippen LogP contribution in [0.25, 0.3) is 0 Å². The second kappa shape index (κ2) is 5.31. The van der Waals surface area contributed by atoms with Crippen LogP contribution in [0.5, 0.6) is 0 Å². The van der Waals surface area contributed by atoms with E-state index in [1.165, 1.54) is 0 Å². The van der Waals surface area contributed by atoms with Crippen LogP contribution in [0.15, 0.2) is 0 Å². The maximum atomic E-state index is 11.8. The van der Waals surface area contributed by atoms with E-state index < -0.39 is 0 Å². The van der Waals surface area contributed by atoms with Crippen LogP contribution in [-0.2, 0) is 18.4 Å². The zero-order valence-corrected chi connectivity index (χ0v) is 11.5. The molecule has 17 heavy (non-hydrogen) atoms. The average Bonchev–Trinajstić information content (AvgIpc) is 2.52. The summed E-state index contributed by atoms with van der Waals surface area (Å²) in [7, 11) is 5.74. The molecule has 1 aromatic heterocycles. The molecule has 1 rings (SSSR count). The van der Waals surface area contributed by atoms with Crippen molar-refractivity contribution in [2.75, 3.05) is 14.1 Å². The van der Waals surface area contributed by atoms with Crippen molar-refractivity contribution in [3.05, 3.63) is 17.2 Å². The van der Waals surface area contributed by atoms with E-state index >= 15 is 0 Å². The largest absolute Gasteiger partial charge is 0.348 e. The van der Waals surface area contributed by atoms with Crippen molar-refractivity contribution >= 4 is 5.91 Å². The summed E-state index contributed by atoms with van der Waals surface area (Å²) in [6.07, 6.45) is 0. The number of aryl methyl sites for hydroxylation is 1. The number of rotatable bonds is 4. The number of imidazole rings is 1. The predicted molar refractivity (Wildman–Crippen MR) is 67.7 cm³/mol. The van der Waals surface area contributed by atoms with Crippen molar-refractivity contribution in [2.45, 2.75) is 33.4 Å². The molecule has 1 heterocycles. The molecule has 0 aliphatic heterocycles. The zero-order chi connectivity index (χ0) is 13.2. The second-order valence-corrected chi connectivity index (χ2v) is 4.62. The van der Waals surface area contributed by atoms with Crippen LogP contribution < -0.4 is 5.32 Å². The van der Waals surface area contributed by atoms with Gasteiger partial charge in [0.2, 0.25) is 5.91 Å². The van der Waals surface area contributed by atoms with Crippen LogP contribution in [0.2, 0.25) is 0 Å². The fourth-order valence-electron chi connectivity index (χ4n) is 1.49. The summed E-state index contributed by atoms with van der Waals surface area (Å²) >= 11 is 0. The van der Waals surface area contributed by atoms with Crippen LogP contribution in [0.1, 0.15) is 24.1 Å². The van der Waals surface area contributed by atoms with E-state index in [0.29, 0.717) is 6.54 Å². The first-order valence-corrected chi connectivity index (χ1v) is 5.77. The van der Waals surface area contributed by atoms with Crippen molar-refractivity contribution in [3.63, 3.8) is 0 Å². The third-order valence-corrected chi connectivity index (χ3v) is 3.29. The summed E-state index contributed by atoms with van der Waals surface area (Å²) in [5.74, 6) is 0.910. The maximum Gasteiger partial charge on any atom is 0.237 e. The molecular weight excluding hydrogens is 216 g/mol. The van der Waals surface area contributed by atoms with Gasteiger partial charge < -0.3 is 9.88 Å². The van der Waals surface area contributed by atoms with Crippen LogP contribution in [0.4, 0.5) is 0 Å². The Hall–Kier alpha value is -1.36. The number of nitrogens with one attached hydrogen (secondary N) is 1. The molecule has 0 bridgehead atoms. The first-order valence-electron chi connectivity index (χ1n) is 5.77. The number of hydrogen-bond donors (Lipinski definition) is 1. The lowest BCUT2D eigenvalue weighted by molar-refractivity contribution is -0.125. The van der Waals surface area contributed by atoms with Crippen LogP contribution in [0, 0.1) is 13.8 Å². The first kappa shape index (κ1) is 13.7. The monoisotopic (exact) mass is 238 g/mol. The minimum Gasteiger partial charge on any atom is -0.348 e. The van der Waals surface area contributed by atoms with Gasteiger partial charge in [-0.1, -0.05) is 0 Å². The van der Waals surface area contributed by atoms with Gasteiger partial charge in [-0.05, 0) is 34.9 Å². The molecule has 96 valence electrons. The van der Waals surface area contributed by atoms with Gasteiger partial charge in [-0.25, -0.2) is 4.98 Å². The van der Waals surface area contributed by atoms with Gasteiger partial charge in [0.1, 0.15) is 5.82 Å². The number of amides is 1. The Morgan fingerprint density at radius 3 is 2.47 bits per heavy atom. The van der Waals surface area contributed by atoms with Gasteiger partial charge in [0, 0.05) is 12.7 Å². The number of hydrogen-bond acceptors (Lipinski definition) is 3. The molecule has 0 spiro atoms. The molecule has 0 aliphatic carbocycles. The highest BCUT2D eigenvalue weighted by atomic mass is 16.2. The van der Waals surface area contributed by atoms with Crippen molar-refractivity contribution in [2.24, 2.45) is 7.05 Å². The van der Waals surface area contributed by atoms with E-state index in [1.807, 2.05) is 51.4 Å². The third-order valence-electron chi connectivity index (χ3n) is 3.29.